The van der Waals surface area contributed by atoms with E-state index in [2.05, 4.69) is 31.4 Å². The van der Waals surface area contributed by atoms with Gasteiger partial charge in [-0.3, -0.25) is 0 Å². The van der Waals surface area contributed by atoms with Crippen molar-refractivity contribution in [2.75, 3.05) is 13.1 Å². The lowest BCUT2D eigenvalue weighted by Crippen LogP contribution is -2.43. The predicted molar refractivity (Wildman–Crippen MR) is 71.3 cm³/mol. The van der Waals surface area contributed by atoms with Crippen LogP contribution in [0.1, 0.15) is 18.7 Å². The molecule has 2 aromatic rings. The Morgan fingerprint density at radius 2 is 2.39 bits per heavy atom. The van der Waals surface area contributed by atoms with Crippen molar-refractivity contribution in [2.24, 2.45) is 0 Å². The molecule has 7 heteroatoms. The second-order valence-corrected chi connectivity index (χ2v) is 6.80. The van der Waals surface area contributed by atoms with Crippen molar-refractivity contribution in [1.82, 2.24) is 15.5 Å². The molecular formula is C11H12BrN3O2S. The number of hydrogen-bond donors (Lipinski definition) is 2. The van der Waals surface area contributed by atoms with Gasteiger partial charge in [0.1, 0.15) is 0 Å². The third kappa shape index (κ3) is 2.23. The van der Waals surface area contributed by atoms with Crippen LogP contribution in [-0.2, 0) is 5.60 Å². The zero-order valence-electron chi connectivity index (χ0n) is 9.52. The normalized spacial score (nSPS) is 24.3. The van der Waals surface area contributed by atoms with Gasteiger partial charge in [-0.15, -0.1) is 11.3 Å². The minimum Gasteiger partial charge on any atom is -0.379 e. The smallest absolute Gasteiger partial charge is 0.260 e. The highest BCUT2D eigenvalue weighted by Gasteiger charge is 2.37. The largest absolute Gasteiger partial charge is 0.379 e. The topological polar surface area (TPSA) is 71.2 Å². The van der Waals surface area contributed by atoms with Gasteiger partial charge < -0.3 is 14.9 Å². The lowest BCUT2D eigenvalue weighted by molar-refractivity contribution is -0.0167. The van der Waals surface area contributed by atoms with Crippen LogP contribution in [0.25, 0.3) is 10.7 Å². The monoisotopic (exact) mass is 329 g/mol. The van der Waals surface area contributed by atoms with Gasteiger partial charge in [0.15, 0.2) is 5.60 Å². The highest BCUT2D eigenvalue weighted by Crippen LogP contribution is 2.32. The number of halogens is 1. The first-order valence-electron chi connectivity index (χ1n) is 5.70. The second kappa shape index (κ2) is 4.73. The van der Waals surface area contributed by atoms with Gasteiger partial charge in [-0.2, -0.15) is 4.98 Å². The Morgan fingerprint density at radius 3 is 3.06 bits per heavy atom. The predicted octanol–water partition coefficient (Wildman–Crippen LogP) is 2.13. The van der Waals surface area contributed by atoms with Gasteiger partial charge >= 0.3 is 0 Å². The number of aliphatic hydroxyl groups is 1. The fraction of sp³-hybridized carbons (Fsp3) is 0.455. The molecule has 1 aliphatic heterocycles. The second-order valence-electron chi connectivity index (χ2n) is 4.34. The molecule has 3 rings (SSSR count). The molecule has 2 N–H and O–H groups in total. The number of nitrogens with zero attached hydrogens (tertiary/aromatic N) is 2. The van der Waals surface area contributed by atoms with Gasteiger partial charge in [0.05, 0.1) is 8.66 Å². The number of piperidine rings is 1. The maximum atomic E-state index is 10.4. The lowest BCUT2D eigenvalue weighted by Gasteiger charge is -2.28. The highest BCUT2D eigenvalue weighted by atomic mass is 79.9. The zero-order valence-corrected chi connectivity index (χ0v) is 11.9. The third-order valence-electron chi connectivity index (χ3n) is 2.98. The average Bonchev–Trinajstić information content (AvgIpc) is 2.98. The van der Waals surface area contributed by atoms with Crippen molar-refractivity contribution in [2.45, 2.75) is 18.4 Å². The van der Waals surface area contributed by atoms with Gasteiger partial charge in [-0.25, -0.2) is 0 Å². The molecule has 1 unspecified atom stereocenters. The lowest BCUT2D eigenvalue weighted by atomic mass is 9.94. The molecule has 18 heavy (non-hydrogen) atoms. The Balaban J connectivity index is 1.89. The fourth-order valence-electron chi connectivity index (χ4n) is 2.02. The van der Waals surface area contributed by atoms with Gasteiger partial charge in [-0.05, 0) is 47.4 Å². The summed E-state index contributed by atoms with van der Waals surface area (Å²) < 4.78 is 6.23. The summed E-state index contributed by atoms with van der Waals surface area (Å²) in [5, 5.41) is 17.5. The average molecular weight is 330 g/mol. The van der Waals surface area contributed by atoms with Gasteiger partial charge in [0, 0.05) is 6.54 Å². The molecular weight excluding hydrogens is 318 g/mol. The van der Waals surface area contributed by atoms with Crippen LogP contribution in [0.3, 0.4) is 0 Å². The molecule has 5 nitrogen and oxygen atoms in total. The summed E-state index contributed by atoms with van der Waals surface area (Å²) in [5.41, 5.74) is -1.03. The van der Waals surface area contributed by atoms with Crippen LogP contribution >= 0.6 is 27.3 Å². The van der Waals surface area contributed by atoms with Crippen LogP contribution in [0.2, 0.25) is 0 Å². The number of thiophene rings is 1. The van der Waals surface area contributed by atoms with Gasteiger partial charge in [0.25, 0.3) is 5.89 Å². The van der Waals surface area contributed by atoms with Crippen LogP contribution in [0, 0.1) is 0 Å². The van der Waals surface area contributed by atoms with Crippen molar-refractivity contribution in [3.63, 3.8) is 0 Å². The number of nitrogens with one attached hydrogen (secondary N) is 1. The van der Waals surface area contributed by atoms with Crippen molar-refractivity contribution in [1.29, 1.82) is 0 Å². The maximum absolute atomic E-state index is 10.4. The highest BCUT2D eigenvalue weighted by molar-refractivity contribution is 9.11. The quantitative estimate of drug-likeness (QED) is 0.883. The van der Waals surface area contributed by atoms with Gasteiger partial charge in [-0.1, -0.05) is 5.16 Å². The van der Waals surface area contributed by atoms with Crippen LogP contribution in [-0.4, -0.2) is 28.3 Å². The molecule has 96 valence electrons. The van der Waals surface area contributed by atoms with Crippen molar-refractivity contribution < 1.29 is 9.63 Å². The molecule has 0 saturated carbocycles. The first-order chi connectivity index (χ1) is 8.67. The van der Waals surface area contributed by atoms with E-state index in [9.17, 15) is 5.11 Å². The van der Waals surface area contributed by atoms with Gasteiger partial charge in [0.2, 0.25) is 5.82 Å². The van der Waals surface area contributed by atoms with E-state index >= 15 is 0 Å². The first-order valence-corrected chi connectivity index (χ1v) is 7.31. The Morgan fingerprint density at radius 1 is 1.50 bits per heavy atom. The van der Waals surface area contributed by atoms with E-state index in [4.69, 9.17) is 4.52 Å². The molecule has 0 bridgehead atoms. The zero-order chi connectivity index (χ0) is 12.6. The molecule has 1 fully saturated rings. The maximum Gasteiger partial charge on any atom is 0.260 e. The van der Waals surface area contributed by atoms with E-state index in [0.29, 0.717) is 24.7 Å². The molecule has 3 heterocycles. The molecule has 1 aliphatic rings. The van der Waals surface area contributed by atoms with Crippen LogP contribution < -0.4 is 5.32 Å². The molecule has 2 aromatic heterocycles. The summed E-state index contributed by atoms with van der Waals surface area (Å²) in [7, 11) is 0. The Kier molecular flexibility index (Phi) is 3.23. The van der Waals surface area contributed by atoms with Crippen molar-refractivity contribution >= 4 is 27.3 Å². The summed E-state index contributed by atoms with van der Waals surface area (Å²) in [5.74, 6) is 0.828. The molecule has 1 saturated heterocycles. The molecule has 0 aromatic carbocycles. The number of aromatic nitrogens is 2. The van der Waals surface area contributed by atoms with E-state index in [0.717, 1.165) is 21.6 Å². The Bertz CT molecular complexity index is 548. The third-order valence-corrected chi connectivity index (χ3v) is 4.60. The summed E-state index contributed by atoms with van der Waals surface area (Å²) in [6.07, 6.45) is 1.55. The summed E-state index contributed by atoms with van der Waals surface area (Å²) in [4.78, 5) is 5.23. The minimum absolute atomic E-state index is 0.300. The summed E-state index contributed by atoms with van der Waals surface area (Å²) in [6, 6.07) is 3.86. The van der Waals surface area contributed by atoms with Crippen LogP contribution in [0.5, 0.6) is 0 Å². The fourth-order valence-corrected chi connectivity index (χ4v) is 3.33. The number of hydrogen-bond acceptors (Lipinski definition) is 6. The molecule has 0 aliphatic carbocycles. The Labute approximate surface area is 116 Å². The molecule has 0 amide bonds. The minimum atomic E-state index is -1.03. The van der Waals surface area contributed by atoms with Crippen molar-refractivity contribution in [3.05, 3.63) is 21.8 Å². The molecule has 0 radical (unpaired) electrons. The van der Waals surface area contributed by atoms with Crippen molar-refractivity contribution in [3.8, 4) is 10.7 Å². The van der Waals surface area contributed by atoms with E-state index in [1.54, 1.807) is 0 Å². The van der Waals surface area contributed by atoms with E-state index in [1.165, 1.54) is 11.3 Å². The van der Waals surface area contributed by atoms with E-state index in [-0.39, 0.29) is 0 Å². The van der Waals surface area contributed by atoms with Crippen LogP contribution in [0.15, 0.2) is 20.4 Å². The molecule has 1 atom stereocenters. The standard InChI is InChI=1S/C11H12BrN3O2S/c12-8-3-2-7(18-8)9-14-10(17-15-9)11(16)4-1-5-13-6-11/h2-3,13,16H,1,4-6H2. The summed E-state index contributed by atoms with van der Waals surface area (Å²) >= 11 is 4.93. The first kappa shape index (κ1) is 12.3. The Hall–Kier alpha value is -0.760. The number of rotatable bonds is 2. The number of β-amino-alcohol motifs (C(OH)–C–C–N with tert-alkyl or cyclic N) is 1. The van der Waals surface area contributed by atoms with E-state index < -0.39 is 5.60 Å². The van der Waals surface area contributed by atoms with E-state index in [1.807, 2.05) is 12.1 Å². The SMILES string of the molecule is OC1(c2nc(-c3ccc(Br)s3)no2)CCCNC1. The van der Waals surface area contributed by atoms with Crippen LogP contribution in [0.4, 0.5) is 0 Å². The summed E-state index contributed by atoms with van der Waals surface area (Å²) in [6.45, 7) is 1.38. The molecule has 0 spiro atoms.